The predicted molar refractivity (Wildman–Crippen MR) is 81.6 cm³/mol. The molecule has 0 saturated heterocycles. The Bertz CT molecular complexity index is 717. The van der Waals surface area contributed by atoms with Gasteiger partial charge in [-0.15, -0.1) is 0 Å². The summed E-state index contributed by atoms with van der Waals surface area (Å²) in [6.07, 6.45) is 0.627. The molecule has 6 nitrogen and oxygen atoms in total. The van der Waals surface area contributed by atoms with Crippen LogP contribution in [0, 0.1) is 5.82 Å². The van der Waals surface area contributed by atoms with Gasteiger partial charge in [0.1, 0.15) is 0 Å². The van der Waals surface area contributed by atoms with E-state index in [1.165, 1.54) is 28.8 Å². The summed E-state index contributed by atoms with van der Waals surface area (Å²) in [4.78, 5) is 23.1. The highest BCUT2D eigenvalue weighted by molar-refractivity contribution is 5.77. The van der Waals surface area contributed by atoms with Crippen molar-refractivity contribution in [2.45, 2.75) is 12.6 Å². The highest BCUT2D eigenvalue weighted by atomic mass is 19.1. The van der Waals surface area contributed by atoms with Crippen LogP contribution in [-0.2, 0) is 11.3 Å². The van der Waals surface area contributed by atoms with Gasteiger partial charge in [0, 0.05) is 18.8 Å². The standard InChI is InChI=1S/C16H17FN2O4/c17-13-5-1-2-6-14(13)23-11-15(21)18-9-12(20)10-19-8-4-3-7-16(19)22/h1-8,12,20H,9-11H2,(H,18,21)/t12-/m1/s1. The number of hydrogen-bond acceptors (Lipinski definition) is 4. The minimum absolute atomic E-state index is 0.0148. The number of pyridine rings is 1. The molecule has 1 amide bonds. The van der Waals surface area contributed by atoms with Gasteiger partial charge in [0.25, 0.3) is 11.5 Å². The summed E-state index contributed by atoms with van der Waals surface area (Å²) < 4.78 is 19.7. The summed E-state index contributed by atoms with van der Waals surface area (Å²) in [6, 6.07) is 10.4. The molecule has 0 aliphatic carbocycles. The molecule has 0 aliphatic rings. The summed E-state index contributed by atoms with van der Waals surface area (Å²) in [5, 5.41) is 12.3. The van der Waals surface area contributed by atoms with Gasteiger partial charge in [0.05, 0.1) is 12.6 Å². The lowest BCUT2D eigenvalue weighted by Gasteiger charge is -2.13. The molecule has 0 saturated carbocycles. The summed E-state index contributed by atoms with van der Waals surface area (Å²) >= 11 is 0. The Morgan fingerprint density at radius 1 is 1.26 bits per heavy atom. The van der Waals surface area contributed by atoms with Crippen molar-refractivity contribution in [1.29, 1.82) is 0 Å². The molecule has 0 aliphatic heterocycles. The third kappa shape index (κ3) is 5.23. The summed E-state index contributed by atoms with van der Waals surface area (Å²) in [6.45, 7) is -0.339. The minimum atomic E-state index is -0.924. The summed E-state index contributed by atoms with van der Waals surface area (Å²) in [5.41, 5.74) is -0.235. The molecular weight excluding hydrogens is 303 g/mol. The molecular formula is C16H17FN2O4. The highest BCUT2D eigenvalue weighted by Crippen LogP contribution is 2.14. The Kier molecular flexibility index (Phi) is 5.87. The van der Waals surface area contributed by atoms with Crippen LogP contribution in [0.15, 0.2) is 53.5 Å². The zero-order valence-corrected chi connectivity index (χ0v) is 12.3. The minimum Gasteiger partial charge on any atom is -0.481 e. The van der Waals surface area contributed by atoms with Crippen molar-refractivity contribution in [1.82, 2.24) is 9.88 Å². The number of halogens is 1. The molecule has 0 unspecified atom stereocenters. The fourth-order valence-corrected chi connectivity index (χ4v) is 1.89. The van der Waals surface area contributed by atoms with Crippen LogP contribution in [0.3, 0.4) is 0 Å². The number of amides is 1. The number of nitrogens with one attached hydrogen (secondary N) is 1. The maximum absolute atomic E-state index is 13.3. The second kappa shape index (κ2) is 8.09. The lowest BCUT2D eigenvalue weighted by atomic mass is 10.3. The van der Waals surface area contributed by atoms with Crippen LogP contribution in [0.25, 0.3) is 0 Å². The third-order valence-corrected chi connectivity index (χ3v) is 3.04. The zero-order valence-electron chi connectivity index (χ0n) is 12.3. The van der Waals surface area contributed by atoms with Crippen molar-refractivity contribution in [3.05, 3.63) is 64.8 Å². The Morgan fingerprint density at radius 3 is 2.74 bits per heavy atom. The van der Waals surface area contributed by atoms with E-state index >= 15 is 0 Å². The van der Waals surface area contributed by atoms with Crippen molar-refractivity contribution < 1.29 is 19.0 Å². The third-order valence-electron chi connectivity index (χ3n) is 3.04. The molecule has 122 valence electrons. The Balaban J connectivity index is 1.75. The van der Waals surface area contributed by atoms with E-state index in [-0.39, 0.29) is 31.0 Å². The van der Waals surface area contributed by atoms with E-state index in [1.807, 2.05) is 0 Å². The number of benzene rings is 1. The normalized spacial score (nSPS) is 11.7. The molecule has 1 aromatic heterocycles. The fraction of sp³-hybridized carbons (Fsp3) is 0.250. The average molecular weight is 320 g/mol. The number of carbonyl (C=O) groups excluding carboxylic acids is 1. The van der Waals surface area contributed by atoms with Gasteiger partial charge in [-0.25, -0.2) is 4.39 Å². The number of hydrogen-bond donors (Lipinski definition) is 2. The Morgan fingerprint density at radius 2 is 2.00 bits per heavy atom. The predicted octanol–water partition coefficient (Wildman–Crippen LogP) is 0.543. The molecule has 23 heavy (non-hydrogen) atoms. The van der Waals surface area contributed by atoms with Gasteiger partial charge in [-0.1, -0.05) is 18.2 Å². The van der Waals surface area contributed by atoms with E-state index in [0.29, 0.717) is 0 Å². The number of carbonyl (C=O) groups is 1. The maximum Gasteiger partial charge on any atom is 0.258 e. The molecule has 1 aromatic carbocycles. The fourth-order valence-electron chi connectivity index (χ4n) is 1.89. The van der Waals surface area contributed by atoms with Crippen molar-refractivity contribution in [2.24, 2.45) is 0 Å². The van der Waals surface area contributed by atoms with Gasteiger partial charge < -0.3 is 19.7 Å². The monoisotopic (exact) mass is 320 g/mol. The molecule has 2 N–H and O–H groups in total. The van der Waals surface area contributed by atoms with Crippen LogP contribution >= 0.6 is 0 Å². The summed E-state index contributed by atoms with van der Waals surface area (Å²) in [7, 11) is 0. The Hall–Kier alpha value is -2.67. The molecule has 0 bridgehead atoms. The topological polar surface area (TPSA) is 80.6 Å². The van der Waals surface area contributed by atoms with Gasteiger partial charge in [0.15, 0.2) is 18.2 Å². The lowest BCUT2D eigenvalue weighted by molar-refractivity contribution is -0.123. The number of nitrogens with zero attached hydrogens (tertiary/aromatic N) is 1. The number of rotatable bonds is 7. The first-order chi connectivity index (χ1) is 11.1. The number of aliphatic hydroxyl groups is 1. The van der Waals surface area contributed by atoms with Gasteiger partial charge in [0.2, 0.25) is 0 Å². The van der Waals surface area contributed by atoms with Crippen molar-refractivity contribution in [3.8, 4) is 5.75 Å². The van der Waals surface area contributed by atoms with Crippen molar-refractivity contribution in [3.63, 3.8) is 0 Å². The number of aromatic nitrogens is 1. The molecule has 0 spiro atoms. The van der Waals surface area contributed by atoms with Crippen LogP contribution in [0.5, 0.6) is 5.75 Å². The maximum atomic E-state index is 13.3. The molecule has 2 rings (SSSR count). The summed E-state index contributed by atoms with van der Waals surface area (Å²) in [5.74, 6) is -1.06. The largest absolute Gasteiger partial charge is 0.481 e. The molecule has 1 atom stereocenters. The first-order valence-electron chi connectivity index (χ1n) is 7.04. The molecule has 0 fully saturated rings. The first kappa shape index (κ1) is 16.7. The quantitative estimate of drug-likeness (QED) is 0.780. The van der Waals surface area contributed by atoms with Crippen LogP contribution in [-0.4, -0.2) is 34.8 Å². The van der Waals surface area contributed by atoms with Crippen LogP contribution in [0.2, 0.25) is 0 Å². The van der Waals surface area contributed by atoms with Crippen LogP contribution in [0.1, 0.15) is 0 Å². The van der Waals surface area contributed by atoms with E-state index in [4.69, 9.17) is 4.74 Å². The molecule has 2 aromatic rings. The zero-order chi connectivity index (χ0) is 16.7. The smallest absolute Gasteiger partial charge is 0.258 e. The second-order valence-corrected chi connectivity index (χ2v) is 4.87. The lowest BCUT2D eigenvalue weighted by Crippen LogP contribution is -2.38. The van der Waals surface area contributed by atoms with Gasteiger partial charge in [-0.2, -0.15) is 0 Å². The first-order valence-corrected chi connectivity index (χ1v) is 7.04. The number of aliphatic hydroxyl groups excluding tert-OH is 1. The van der Waals surface area contributed by atoms with E-state index in [0.717, 1.165) is 0 Å². The van der Waals surface area contributed by atoms with E-state index in [2.05, 4.69) is 5.32 Å². The van der Waals surface area contributed by atoms with E-state index in [1.54, 1.807) is 24.4 Å². The van der Waals surface area contributed by atoms with Crippen molar-refractivity contribution >= 4 is 5.91 Å². The van der Waals surface area contributed by atoms with E-state index in [9.17, 15) is 19.1 Å². The second-order valence-electron chi connectivity index (χ2n) is 4.87. The molecule has 1 heterocycles. The van der Waals surface area contributed by atoms with Crippen molar-refractivity contribution in [2.75, 3.05) is 13.2 Å². The average Bonchev–Trinajstić information content (AvgIpc) is 2.54. The van der Waals surface area contributed by atoms with Gasteiger partial charge >= 0.3 is 0 Å². The van der Waals surface area contributed by atoms with E-state index < -0.39 is 17.8 Å². The molecule has 0 radical (unpaired) electrons. The van der Waals surface area contributed by atoms with Crippen LogP contribution < -0.4 is 15.6 Å². The highest BCUT2D eigenvalue weighted by Gasteiger charge is 2.10. The van der Waals surface area contributed by atoms with Gasteiger partial charge in [-0.05, 0) is 18.2 Å². The number of para-hydroxylation sites is 1. The Labute approximate surface area is 132 Å². The SMILES string of the molecule is O=C(COc1ccccc1F)NC[C@@H](O)Cn1ccccc1=O. The molecule has 7 heteroatoms. The number of ether oxygens (including phenoxy) is 1. The van der Waals surface area contributed by atoms with Gasteiger partial charge in [-0.3, -0.25) is 9.59 Å². The van der Waals surface area contributed by atoms with Crippen LogP contribution in [0.4, 0.5) is 4.39 Å².